The minimum Gasteiger partial charge on any atom is -0.370 e. The zero-order chi connectivity index (χ0) is 14.5. The van der Waals surface area contributed by atoms with Crippen LogP contribution in [0.1, 0.15) is 31.5 Å². The van der Waals surface area contributed by atoms with E-state index in [0.717, 1.165) is 52.9 Å². The van der Waals surface area contributed by atoms with Crippen LogP contribution in [0, 0.1) is 6.92 Å². The molecule has 0 amide bonds. The van der Waals surface area contributed by atoms with E-state index < -0.39 is 0 Å². The Morgan fingerprint density at radius 1 is 1.10 bits per heavy atom. The van der Waals surface area contributed by atoms with Gasteiger partial charge in [0.05, 0.1) is 0 Å². The quantitative estimate of drug-likeness (QED) is 0.881. The van der Waals surface area contributed by atoms with Crippen LogP contribution in [0.3, 0.4) is 0 Å². The van der Waals surface area contributed by atoms with Crippen LogP contribution in [0.15, 0.2) is 24.3 Å². The third kappa shape index (κ3) is 3.28. The second-order valence-electron chi connectivity index (χ2n) is 4.75. The molecule has 0 saturated carbocycles. The summed E-state index contributed by atoms with van der Waals surface area (Å²) in [5, 5.41) is 4.10. The minimum atomic E-state index is 0.723. The highest BCUT2D eigenvalue weighted by molar-refractivity contribution is 6.30. The van der Waals surface area contributed by atoms with Crippen molar-refractivity contribution in [1.29, 1.82) is 0 Å². The van der Waals surface area contributed by atoms with E-state index in [2.05, 4.69) is 36.1 Å². The van der Waals surface area contributed by atoms with Crippen LogP contribution in [0.2, 0.25) is 5.02 Å². The topological polar surface area (TPSA) is 37.8 Å². The Balaban J connectivity index is 2.44. The number of halogens is 1. The summed E-state index contributed by atoms with van der Waals surface area (Å²) in [5.41, 5.74) is 3.21. The molecular weight excluding hydrogens is 270 g/mol. The van der Waals surface area contributed by atoms with E-state index in [4.69, 9.17) is 11.6 Å². The second kappa shape index (κ2) is 6.71. The maximum absolute atomic E-state index is 5.93. The van der Waals surface area contributed by atoms with Gasteiger partial charge >= 0.3 is 0 Å². The van der Waals surface area contributed by atoms with Gasteiger partial charge in [0.25, 0.3) is 0 Å². The van der Waals surface area contributed by atoms with Gasteiger partial charge in [0.2, 0.25) is 0 Å². The fourth-order valence-corrected chi connectivity index (χ4v) is 2.18. The predicted molar refractivity (Wildman–Crippen MR) is 85.4 cm³/mol. The Bertz CT molecular complexity index is 579. The summed E-state index contributed by atoms with van der Waals surface area (Å²) in [4.78, 5) is 9.32. The number of nitrogens with one attached hydrogen (secondary N) is 1. The molecule has 0 saturated heterocycles. The number of nitrogens with zero attached hydrogens (tertiary/aromatic N) is 2. The first kappa shape index (κ1) is 14.8. The van der Waals surface area contributed by atoms with Crippen molar-refractivity contribution in [2.75, 3.05) is 11.9 Å². The molecule has 2 rings (SSSR count). The van der Waals surface area contributed by atoms with Gasteiger partial charge in [-0.25, -0.2) is 9.97 Å². The van der Waals surface area contributed by atoms with E-state index in [1.165, 1.54) is 0 Å². The lowest BCUT2D eigenvalue weighted by Crippen LogP contribution is -2.08. The van der Waals surface area contributed by atoms with Crippen LogP contribution in [-0.4, -0.2) is 16.5 Å². The van der Waals surface area contributed by atoms with E-state index in [1.54, 1.807) is 0 Å². The number of hydrogen-bond donors (Lipinski definition) is 1. The fourth-order valence-electron chi connectivity index (χ4n) is 2.05. The van der Waals surface area contributed by atoms with Crippen molar-refractivity contribution < 1.29 is 0 Å². The van der Waals surface area contributed by atoms with Gasteiger partial charge in [-0.2, -0.15) is 0 Å². The Labute approximate surface area is 125 Å². The Morgan fingerprint density at radius 3 is 2.40 bits per heavy atom. The van der Waals surface area contributed by atoms with Crippen LogP contribution in [0.25, 0.3) is 11.4 Å². The fraction of sp³-hybridized carbons (Fsp3) is 0.375. The zero-order valence-electron chi connectivity index (χ0n) is 12.2. The summed E-state index contributed by atoms with van der Waals surface area (Å²) < 4.78 is 0. The van der Waals surface area contributed by atoms with Crippen molar-refractivity contribution in [3.05, 3.63) is 40.5 Å². The van der Waals surface area contributed by atoms with Gasteiger partial charge in [0.1, 0.15) is 5.82 Å². The highest BCUT2D eigenvalue weighted by atomic mass is 35.5. The smallest absolute Gasteiger partial charge is 0.161 e. The summed E-state index contributed by atoms with van der Waals surface area (Å²) in [6.45, 7) is 7.25. The van der Waals surface area contributed by atoms with Gasteiger partial charge in [-0.05, 0) is 44.0 Å². The molecule has 0 radical (unpaired) electrons. The van der Waals surface area contributed by atoms with Gasteiger partial charge in [-0.3, -0.25) is 0 Å². The Hall–Kier alpha value is -1.61. The van der Waals surface area contributed by atoms with E-state index in [-0.39, 0.29) is 0 Å². The van der Waals surface area contributed by atoms with Crippen molar-refractivity contribution in [2.24, 2.45) is 0 Å². The van der Waals surface area contributed by atoms with E-state index in [1.807, 2.05) is 24.3 Å². The first-order chi connectivity index (χ1) is 9.65. The molecule has 2 aromatic rings. The van der Waals surface area contributed by atoms with Gasteiger partial charge in [0, 0.05) is 28.4 Å². The van der Waals surface area contributed by atoms with Crippen LogP contribution in [0.4, 0.5) is 5.82 Å². The molecule has 0 unspecified atom stereocenters. The Morgan fingerprint density at radius 2 is 1.80 bits per heavy atom. The maximum Gasteiger partial charge on any atom is 0.161 e. The van der Waals surface area contributed by atoms with Crippen molar-refractivity contribution in [2.45, 2.75) is 33.6 Å². The highest BCUT2D eigenvalue weighted by Gasteiger charge is 2.10. The zero-order valence-corrected chi connectivity index (χ0v) is 13.0. The summed E-state index contributed by atoms with van der Waals surface area (Å²) in [6, 6.07) is 7.64. The third-order valence-electron chi connectivity index (χ3n) is 3.23. The van der Waals surface area contributed by atoms with Crippen molar-refractivity contribution in [3.8, 4) is 11.4 Å². The van der Waals surface area contributed by atoms with Crippen molar-refractivity contribution in [1.82, 2.24) is 9.97 Å². The standard InChI is InChI=1S/C16H20ClN3/c1-4-10-18-15-11(3)14(5-2)19-16(20-15)12-6-8-13(17)9-7-12/h6-9H,4-5,10H2,1-3H3,(H,18,19,20). The molecule has 0 atom stereocenters. The second-order valence-corrected chi connectivity index (χ2v) is 5.19. The van der Waals surface area contributed by atoms with Gasteiger partial charge in [-0.1, -0.05) is 25.4 Å². The average molecular weight is 290 g/mol. The molecule has 106 valence electrons. The first-order valence-electron chi connectivity index (χ1n) is 7.03. The number of aromatic nitrogens is 2. The molecule has 0 bridgehead atoms. The molecule has 1 N–H and O–H groups in total. The number of aryl methyl sites for hydroxylation is 1. The molecule has 20 heavy (non-hydrogen) atoms. The van der Waals surface area contributed by atoms with Crippen LogP contribution in [-0.2, 0) is 6.42 Å². The summed E-state index contributed by atoms with van der Waals surface area (Å²) in [5.74, 6) is 1.69. The molecule has 0 spiro atoms. The maximum atomic E-state index is 5.93. The average Bonchev–Trinajstić information content (AvgIpc) is 2.47. The molecule has 1 aromatic heterocycles. The normalized spacial score (nSPS) is 10.6. The molecule has 3 nitrogen and oxygen atoms in total. The molecule has 0 aliphatic heterocycles. The minimum absolute atomic E-state index is 0.723. The van der Waals surface area contributed by atoms with Crippen molar-refractivity contribution in [3.63, 3.8) is 0 Å². The van der Waals surface area contributed by atoms with E-state index in [9.17, 15) is 0 Å². The molecular formula is C16H20ClN3. The lowest BCUT2D eigenvalue weighted by Gasteiger charge is -2.13. The first-order valence-corrected chi connectivity index (χ1v) is 7.40. The Kier molecular flexibility index (Phi) is 4.96. The van der Waals surface area contributed by atoms with E-state index >= 15 is 0 Å². The lowest BCUT2D eigenvalue weighted by atomic mass is 10.1. The van der Waals surface area contributed by atoms with Gasteiger partial charge in [0.15, 0.2) is 5.82 Å². The number of hydrogen-bond acceptors (Lipinski definition) is 3. The van der Waals surface area contributed by atoms with Crippen molar-refractivity contribution >= 4 is 17.4 Å². The van der Waals surface area contributed by atoms with Crippen LogP contribution in [0.5, 0.6) is 0 Å². The molecule has 1 heterocycles. The number of anilines is 1. The number of rotatable bonds is 5. The SMILES string of the molecule is CCCNc1nc(-c2ccc(Cl)cc2)nc(CC)c1C. The molecule has 0 aliphatic carbocycles. The van der Waals surface area contributed by atoms with E-state index in [0.29, 0.717) is 0 Å². The summed E-state index contributed by atoms with van der Waals surface area (Å²) in [6.07, 6.45) is 1.97. The largest absolute Gasteiger partial charge is 0.370 e. The highest BCUT2D eigenvalue weighted by Crippen LogP contribution is 2.23. The number of benzene rings is 1. The molecule has 1 aromatic carbocycles. The monoisotopic (exact) mass is 289 g/mol. The van der Waals surface area contributed by atoms with Crippen LogP contribution < -0.4 is 5.32 Å². The summed E-state index contributed by atoms with van der Waals surface area (Å²) >= 11 is 5.93. The van der Waals surface area contributed by atoms with Crippen LogP contribution >= 0.6 is 11.6 Å². The van der Waals surface area contributed by atoms with Gasteiger partial charge in [-0.15, -0.1) is 0 Å². The predicted octanol–water partition coefficient (Wildman–Crippen LogP) is 4.49. The molecule has 4 heteroatoms. The third-order valence-corrected chi connectivity index (χ3v) is 3.48. The molecule has 0 fully saturated rings. The summed E-state index contributed by atoms with van der Waals surface area (Å²) in [7, 11) is 0. The van der Waals surface area contributed by atoms with Gasteiger partial charge < -0.3 is 5.32 Å². The molecule has 0 aliphatic rings. The lowest BCUT2D eigenvalue weighted by molar-refractivity contribution is 0.936.